The van der Waals surface area contributed by atoms with Gasteiger partial charge in [-0.05, 0) is 23.3 Å². The Morgan fingerprint density at radius 3 is 2.78 bits per heavy atom. The minimum atomic E-state index is -0.775. The molecule has 0 saturated heterocycles. The van der Waals surface area contributed by atoms with Crippen molar-refractivity contribution in [2.45, 2.75) is 19.4 Å². The predicted molar refractivity (Wildman–Crippen MR) is 114 cm³/mol. The number of fused-ring (bicyclic) bond motifs is 1. The lowest BCUT2D eigenvalue weighted by atomic mass is 9.83. The Morgan fingerprint density at radius 1 is 1.22 bits per heavy atom. The molecule has 0 N–H and O–H groups in total. The first-order chi connectivity index (χ1) is 15.4. The van der Waals surface area contributed by atoms with Gasteiger partial charge in [-0.1, -0.05) is 29.4 Å². The Kier molecular flexibility index (Phi) is 4.83. The third-order valence-corrected chi connectivity index (χ3v) is 6.12. The van der Waals surface area contributed by atoms with Crippen LogP contribution in [0.25, 0.3) is 11.3 Å². The fourth-order valence-electron chi connectivity index (χ4n) is 4.30. The molecule has 3 heterocycles. The molecule has 0 radical (unpaired) electrons. The number of aromatic nitrogens is 1. The summed E-state index contributed by atoms with van der Waals surface area (Å²) in [5.41, 5.74) is 4.59. The fourth-order valence-corrected chi connectivity index (χ4v) is 4.30. The number of hydrogen-bond acceptors (Lipinski definition) is 3. The molecule has 0 spiro atoms. The van der Waals surface area contributed by atoms with Crippen LogP contribution in [-0.4, -0.2) is 40.0 Å². The van der Waals surface area contributed by atoms with Gasteiger partial charge in [-0.25, -0.2) is 8.78 Å². The summed E-state index contributed by atoms with van der Waals surface area (Å²) in [4.78, 5) is 15.0. The summed E-state index contributed by atoms with van der Waals surface area (Å²) in [6, 6.07) is 12.6. The van der Waals surface area contributed by atoms with E-state index in [2.05, 4.69) is 17.1 Å². The second-order valence-electron chi connectivity index (χ2n) is 8.01. The van der Waals surface area contributed by atoms with Crippen molar-refractivity contribution in [2.75, 3.05) is 13.6 Å². The molecule has 5 rings (SSSR count). The molecule has 0 aliphatic carbocycles. The van der Waals surface area contributed by atoms with Gasteiger partial charge in [0.1, 0.15) is 18.7 Å². The molecule has 2 aromatic carbocycles. The maximum absolute atomic E-state index is 14.1. The van der Waals surface area contributed by atoms with Gasteiger partial charge in [0.15, 0.2) is 23.0 Å². The second-order valence-corrected chi connectivity index (χ2v) is 8.01. The third kappa shape index (κ3) is 3.37. The lowest BCUT2D eigenvalue weighted by Gasteiger charge is -2.34. The van der Waals surface area contributed by atoms with Crippen LogP contribution in [0, 0.1) is 11.6 Å². The molecular formula is C25H20F2N3O2+. The van der Waals surface area contributed by atoms with Crippen LogP contribution in [0.1, 0.15) is 34.5 Å². The minimum Gasteiger partial charge on any atom is -0.355 e. The standard InChI is InChI=1S/C25H20F2N3O2/c1-15-18(9-10-29(15)2)21-14-30(13-16-5-3-4-6-19(16)21)25(31)23-12-24(32-28-23)20-8-7-17(26)11-22(20)27/h3-9,11-12,21H,13-14H2,1-2H3/q+1. The molecule has 1 unspecified atom stereocenters. The number of allylic oxidation sites excluding steroid dienone is 2. The number of carbonyl (C=O) groups excluding carboxylic acids is 1. The van der Waals surface area contributed by atoms with Crippen LogP contribution in [0.15, 0.2) is 70.4 Å². The molecule has 3 aromatic rings. The fraction of sp³-hybridized carbons (Fsp3) is 0.200. The van der Waals surface area contributed by atoms with Crippen LogP contribution in [0.2, 0.25) is 0 Å². The summed E-state index contributed by atoms with van der Waals surface area (Å²) in [7, 11) is 1.95. The molecule has 1 amide bonds. The van der Waals surface area contributed by atoms with E-state index in [4.69, 9.17) is 4.52 Å². The number of benzene rings is 2. The maximum atomic E-state index is 14.1. The average Bonchev–Trinajstić information content (AvgIpc) is 3.40. The van der Waals surface area contributed by atoms with E-state index in [1.165, 1.54) is 17.7 Å². The first kappa shape index (κ1) is 20.1. The van der Waals surface area contributed by atoms with Gasteiger partial charge in [0, 0.05) is 43.6 Å². The van der Waals surface area contributed by atoms with E-state index in [-0.39, 0.29) is 28.8 Å². The Morgan fingerprint density at radius 2 is 2.03 bits per heavy atom. The smallest absolute Gasteiger partial charge is 0.276 e. The lowest BCUT2D eigenvalue weighted by Crippen LogP contribution is -2.39. The third-order valence-electron chi connectivity index (χ3n) is 6.12. The van der Waals surface area contributed by atoms with Gasteiger partial charge < -0.3 is 9.42 Å². The van der Waals surface area contributed by atoms with Crippen molar-refractivity contribution in [3.05, 3.63) is 94.3 Å². The Hall–Kier alpha value is -3.83. The van der Waals surface area contributed by atoms with Crippen molar-refractivity contribution in [2.24, 2.45) is 0 Å². The van der Waals surface area contributed by atoms with E-state index in [1.807, 2.05) is 42.8 Å². The molecule has 7 heteroatoms. The van der Waals surface area contributed by atoms with Gasteiger partial charge in [-0.15, -0.1) is 0 Å². The number of rotatable bonds is 3. The molecule has 1 aromatic heterocycles. The van der Waals surface area contributed by atoms with Crippen molar-refractivity contribution >= 4 is 11.8 Å². The first-order valence-electron chi connectivity index (χ1n) is 10.3. The molecule has 0 bridgehead atoms. The Labute approximate surface area is 183 Å². The maximum Gasteiger partial charge on any atom is 0.276 e. The summed E-state index contributed by atoms with van der Waals surface area (Å²) in [6.07, 6.45) is 1.97. The van der Waals surface area contributed by atoms with E-state index in [1.54, 1.807) is 4.90 Å². The monoisotopic (exact) mass is 432 g/mol. The SMILES string of the molecule is CC1=C(C2CN(C(=O)c3cc(-c4ccc(F)cc4F)on3)Cc3ccccc32)C=C=[N+]1C. The highest BCUT2D eigenvalue weighted by Gasteiger charge is 2.34. The van der Waals surface area contributed by atoms with Gasteiger partial charge in [-0.2, -0.15) is 4.58 Å². The van der Waals surface area contributed by atoms with E-state index in [0.29, 0.717) is 13.1 Å². The first-order valence-corrected chi connectivity index (χ1v) is 10.3. The predicted octanol–water partition coefficient (Wildman–Crippen LogP) is 4.52. The molecule has 0 fully saturated rings. The van der Waals surface area contributed by atoms with Gasteiger partial charge in [0.2, 0.25) is 0 Å². The van der Waals surface area contributed by atoms with Crippen molar-refractivity contribution < 1.29 is 22.7 Å². The van der Waals surface area contributed by atoms with E-state index < -0.39 is 11.6 Å². The topological polar surface area (TPSA) is 49.4 Å². The summed E-state index contributed by atoms with van der Waals surface area (Å²) >= 11 is 0. The van der Waals surface area contributed by atoms with Gasteiger partial charge in [-0.3, -0.25) is 4.79 Å². The zero-order chi connectivity index (χ0) is 22.4. The second kappa shape index (κ2) is 7.70. The van der Waals surface area contributed by atoms with E-state index in [9.17, 15) is 13.6 Å². The normalized spacial score (nSPS) is 17.6. The quantitative estimate of drug-likeness (QED) is 0.572. The molecule has 2 aliphatic rings. The number of hydrogen-bond donors (Lipinski definition) is 0. The van der Waals surface area contributed by atoms with Crippen molar-refractivity contribution in [1.82, 2.24) is 10.1 Å². The molecule has 5 nitrogen and oxygen atoms in total. The van der Waals surface area contributed by atoms with Crippen LogP contribution in [0.5, 0.6) is 0 Å². The zero-order valence-electron chi connectivity index (χ0n) is 17.6. The molecule has 1 atom stereocenters. The van der Waals surface area contributed by atoms with E-state index in [0.717, 1.165) is 29.0 Å². The van der Waals surface area contributed by atoms with Crippen LogP contribution < -0.4 is 0 Å². The zero-order valence-corrected chi connectivity index (χ0v) is 17.6. The highest BCUT2D eigenvalue weighted by molar-refractivity contribution is 5.93. The van der Waals surface area contributed by atoms with Crippen LogP contribution in [0.3, 0.4) is 0 Å². The van der Waals surface area contributed by atoms with Gasteiger partial charge >= 0.3 is 0 Å². The Bertz CT molecular complexity index is 1350. The summed E-state index contributed by atoms with van der Waals surface area (Å²) in [6.45, 7) is 2.95. The van der Waals surface area contributed by atoms with Gasteiger partial charge in [0.25, 0.3) is 5.91 Å². The molecular weight excluding hydrogens is 412 g/mol. The molecule has 2 aliphatic heterocycles. The number of halogens is 2. The largest absolute Gasteiger partial charge is 0.355 e. The van der Waals surface area contributed by atoms with Crippen LogP contribution in [-0.2, 0) is 6.54 Å². The Balaban J connectivity index is 1.46. The molecule has 0 saturated carbocycles. The minimum absolute atomic E-state index is 0.00210. The average molecular weight is 432 g/mol. The summed E-state index contributed by atoms with van der Waals surface area (Å²) in [5.74, 6) is 1.51. The highest BCUT2D eigenvalue weighted by Crippen LogP contribution is 2.37. The summed E-state index contributed by atoms with van der Waals surface area (Å²) < 4.78 is 34.5. The van der Waals surface area contributed by atoms with Crippen LogP contribution in [0.4, 0.5) is 8.78 Å². The van der Waals surface area contributed by atoms with Crippen LogP contribution >= 0.6 is 0 Å². The number of nitrogens with zero attached hydrogens (tertiary/aromatic N) is 3. The van der Waals surface area contributed by atoms with Crippen molar-refractivity contribution in [1.29, 1.82) is 0 Å². The molecule has 32 heavy (non-hydrogen) atoms. The number of amides is 1. The van der Waals surface area contributed by atoms with E-state index >= 15 is 0 Å². The van der Waals surface area contributed by atoms with Gasteiger partial charge in [0.05, 0.1) is 11.6 Å². The van der Waals surface area contributed by atoms with Crippen molar-refractivity contribution in [3.63, 3.8) is 0 Å². The van der Waals surface area contributed by atoms with Crippen molar-refractivity contribution in [3.8, 4) is 11.3 Å². The lowest BCUT2D eigenvalue weighted by molar-refractivity contribution is -0.434. The highest BCUT2D eigenvalue weighted by atomic mass is 19.1. The summed E-state index contributed by atoms with van der Waals surface area (Å²) in [5, 5.41) is 3.87. The molecule has 160 valence electrons. The number of carbonyl (C=O) groups is 1.